The number of hydrogen-bond acceptors (Lipinski definition) is 9. The van der Waals surface area contributed by atoms with Gasteiger partial charge < -0.3 is 25.3 Å². The Kier molecular flexibility index (Phi) is 8.61. The number of aryl methyl sites for hydroxylation is 1. The molecule has 4 heterocycles. The topological polar surface area (TPSA) is 206 Å². The number of aliphatic hydroxyl groups is 2. The van der Waals surface area contributed by atoms with Crippen molar-refractivity contribution in [3.63, 3.8) is 0 Å². The van der Waals surface area contributed by atoms with Crippen LogP contribution in [0.3, 0.4) is 0 Å². The largest absolute Gasteiger partial charge is 0.394 e. The van der Waals surface area contributed by atoms with Gasteiger partial charge in [-0.3, -0.25) is 9.78 Å². The van der Waals surface area contributed by atoms with E-state index in [2.05, 4.69) is 42.1 Å². The van der Waals surface area contributed by atoms with Crippen LogP contribution in [-0.2, 0) is 24.2 Å². The van der Waals surface area contributed by atoms with E-state index in [-0.39, 0.29) is 19.0 Å². The zero-order valence-electron chi connectivity index (χ0n) is 22.2. The highest BCUT2D eigenvalue weighted by Crippen LogP contribution is 2.32. The van der Waals surface area contributed by atoms with Crippen LogP contribution in [0, 0.1) is 11.8 Å². The summed E-state index contributed by atoms with van der Waals surface area (Å²) in [5.41, 5.74) is 17.5. The van der Waals surface area contributed by atoms with Gasteiger partial charge >= 0.3 is 0 Å². The fourth-order valence-corrected chi connectivity index (χ4v) is 4.80. The van der Waals surface area contributed by atoms with Crippen LogP contribution in [0.4, 0.5) is 5.95 Å². The van der Waals surface area contributed by atoms with Crippen LogP contribution in [0.25, 0.3) is 21.5 Å². The van der Waals surface area contributed by atoms with Crippen molar-refractivity contribution in [3.05, 3.63) is 79.8 Å². The van der Waals surface area contributed by atoms with Gasteiger partial charge in [-0.05, 0) is 35.9 Å². The monoisotopic (exact) mass is 558 g/mol. The Hall–Kier alpha value is -4.67. The van der Waals surface area contributed by atoms with E-state index in [9.17, 15) is 15.0 Å². The molecule has 212 valence electrons. The Morgan fingerprint density at radius 3 is 2.80 bits per heavy atom. The number of hydrogen-bond donors (Lipinski definition) is 4. The van der Waals surface area contributed by atoms with E-state index in [0.717, 1.165) is 36.1 Å². The van der Waals surface area contributed by atoms with E-state index < -0.39 is 24.0 Å². The van der Waals surface area contributed by atoms with Crippen molar-refractivity contribution >= 4 is 17.0 Å². The molecule has 1 aliphatic heterocycles. The Morgan fingerprint density at radius 2 is 2.05 bits per heavy atom. The molecule has 14 heteroatoms. The highest BCUT2D eigenvalue weighted by atomic mass is 16.5. The second-order valence-electron chi connectivity index (χ2n) is 9.84. The molecular weight excluding hydrogens is 528 g/mol. The molecule has 0 amide bonds. The molecule has 0 radical (unpaired) electrons. The molecule has 0 spiro atoms. The fraction of sp³-hybridized carbons (Fsp3) is 0.407. The Bertz CT molecular complexity index is 1670. The zero-order chi connectivity index (χ0) is 28.8. The highest BCUT2D eigenvalue weighted by molar-refractivity contribution is 5.83. The number of anilines is 1. The molecule has 41 heavy (non-hydrogen) atoms. The standard InChI is InChI=1S/C27H30N10O4/c28-27-31-25-24(26(40)32-27)19(14-37(25)23-11-21(39)22(16-38)41-23)5-3-1-2-4-6-20-15-36(35-33-20)13-18-9-7-17(8-10-18)12-30-34-29/h7-10,14-15,21-23,38-39H,1-2,4,6,11-13,16H2,(H3,28,31,32,40)/t21-,22+,23+/m0/s1. The summed E-state index contributed by atoms with van der Waals surface area (Å²) in [4.78, 5) is 22.2. The van der Waals surface area contributed by atoms with Crippen LogP contribution in [0.2, 0.25) is 0 Å². The van der Waals surface area contributed by atoms with Gasteiger partial charge in [0.25, 0.3) is 5.56 Å². The molecule has 3 atom stereocenters. The van der Waals surface area contributed by atoms with E-state index >= 15 is 0 Å². The summed E-state index contributed by atoms with van der Waals surface area (Å²) in [5, 5.41) is 31.9. The van der Waals surface area contributed by atoms with Gasteiger partial charge in [0, 0.05) is 30.1 Å². The van der Waals surface area contributed by atoms with Crippen molar-refractivity contribution in [3.8, 4) is 11.8 Å². The fourth-order valence-electron chi connectivity index (χ4n) is 4.80. The second-order valence-corrected chi connectivity index (χ2v) is 9.84. The van der Waals surface area contributed by atoms with E-state index in [1.54, 1.807) is 15.4 Å². The number of rotatable bonds is 10. The molecular formula is C27H30N10O4. The number of nitrogens with zero attached hydrogens (tertiary/aromatic N) is 8. The molecule has 0 bridgehead atoms. The van der Waals surface area contributed by atoms with Crippen molar-refractivity contribution < 1.29 is 14.9 Å². The molecule has 3 aromatic heterocycles. The summed E-state index contributed by atoms with van der Waals surface area (Å²) in [6, 6.07) is 7.83. The van der Waals surface area contributed by atoms with Crippen LogP contribution < -0.4 is 11.3 Å². The number of azide groups is 1. The van der Waals surface area contributed by atoms with Crippen LogP contribution in [0.5, 0.6) is 0 Å². The summed E-state index contributed by atoms with van der Waals surface area (Å²) in [5.74, 6) is 6.18. The lowest BCUT2D eigenvalue weighted by atomic mass is 10.1. The van der Waals surface area contributed by atoms with Gasteiger partial charge in [-0.2, -0.15) is 4.98 Å². The number of benzene rings is 1. The SMILES string of the molecule is [N-]=[N+]=NCc1ccc(Cn2cc(CCCCC#Cc3cn([C@H]4C[C@H](O)[C@@H](CO)O4)c4nc(N)[nH]c(=O)c34)nn2)cc1. The predicted octanol–water partition coefficient (Wildman–Crippen LogP) is 2.16. The van der Waals surface area contributed by atoms with Crippen molar-refractivity contribution in [2.45, 2.75) is 63.6 Å². The molecule has 1 aromatic carbocycles. The summed E-state index contributed by atoms with van der Waals surface area (Å²) >= 11 is 0. The van der Waals surface area contributed by atoms with Crippen LogP contribution in [0.1, 0.15) is 54.3 Å². The lowest BCUT2D eigenvalue weighted by Gasteiger charge is -2.14. The number of nitrogen functional groups attached to an aromatic ring is 1. The molecule has 0 unspecified atom stereocenters. The van der Waals surface area contributed by atoms with Gasteiger partial charge in [0.15, 0.2) is 5.65 Å². The number of aromatic nitrogens is 6. The minimum atomic E-state index is -0.833. The number of H-pyrrole nitrogens is 1. The molecule has 14 nitrogen and oxygen atoms in total. The quantitative estimate of drug-likeness (QED) is 0.0744. The third-order valence-electron chi connectivity index (χ3n) is 6.87. The molecule has 1 saturated heterocycles. The molecule has 0 aliphatic carbocycles. The average Bonchev–Trinajstić information content (AvgIpc) is 3.67. The number of unbranched alkanes of at least 4 members (excludes halogenated alkanes) is 2. The Balaban J connectivity index is 1.17. The average molecular weight is 559 g/mol. The van der Waals surface area contributed by atoms with E-state index in [1.165, 1.54) is 0 Å². The van der Waals surface area contributed by atoms with Crippen LogP contribution in [-0.4, -0.2) is 58.6 Å². The maximum absolute atomic E-state index is 12.7. The minimum absolute atomic E-state index is 0.0318. The third-order valence-corrected chi connectivity index (χ3v) is 6.87. The van der Waals surface area contributed by atoms with Crippen molar-refractivity contribution in [2.24, 2.45) is 5.11 Å². The smallest absolute Gasteiger partial charge is 0.263 e. The lowest BCUT2D eigenvalue weighted by Crippen LogP contribution is -2.24. The minimum Gasteiger partial charge on any atom is -0.394 e. The summed E-state index contributed by atoms with van der Waals surface area (Å²) in [7, 11) is 0. The van der Waals surface area contributed by atoms with Gasteiger partial charge in [-0.15, -0.1) is 5.10 Å². The number of aliphatic hydroxyl groups excluding tert-OH is 2. The van der Waals surface area contributed by atoms with Gasteiger partial charge in [0.05, 0.1) is 42.4 Å². The van der Waals surface area contributed by atoms with Crippen molar-refractivity contribution in [1.29, 1.82) is 0 Å². The van der Waals surface area contributed by atoms with Crippen molar-refractivity contribution in [1.82, 2.24) is 29.5 Å². The summed E-state index contributed by atoms with van der Waals surface area (Å²) < 4.78 is 9.19. The number of ether oxygens (including phenoxy) is 1. The first-order chi connectivity index (χ1) is 19.9. The van der Waals surface area contributed by atoms with Gasteiger partial charge in [-0.1, -0.05) is 46.4 Å². The normalized spacial score (nSPS) is 18.2. The highest BCUT2D eigenvalue weighted by Gasteiger charge is 2.35. The molecule has 1 fully saturated rings. The number of nitrogens with one attached hydrogen (secondary N) is 1. The number of aromatic amines is 1. The Labute approximate surface area is 234 Å². The maximum Gasteiger partial charge on any atom is 0.263 e. The first-order valence-electron chi connectivity index (χ1n) is 13.3. The predicted molar refractivity (Wildman–Crippen MR) is 149 cm³/mol. The van der Waals surface area contributed by atoms with Crippen LogP contribution in [0.15, 0.2) is 46.6 Å². The number of nitrogens with two attached hydrogens (primary N) is 1. The maximum atomic E-state index is 12.7. The molecule has 5 N–H and O–H groups in total. The summed E-state index contributed by atoms with van der Waals surface area (Å²) in [6.45, 7) is 0.610. The van der Waals surface area contributed by atoms with Crippen LogP contribution >= 0.6 is 0 Å². The lowest BCUT2D eigenvalue weighted by molar-refractivity contribution is -0.0430. The molecule has 1 aliphatic rings. The van der Waals surface area contributed by atoms with Gasteiger partial charge in [0.1, 0.15) is 12.3 Å². The number of fused-ring (bicyclic) bond motifs is 1. The second kappa shape index (κ2) is 12.7. The van der Waals surface area contributed by atoms with E-state index in [0.29, 0.717) is 36.1 Å². The first-order valence-corrected chi connectivity index (χ1v) is 13.3. The Morgan fingerprint density at radius 1 is 1.24 bits per heavy atom. The van der Waals surface area contributed by atoms with Gasteiger partial charge in [0.2, 0.25) is 5.95 Å². The van der Waals surface area contributed by atoms with Gasteiger partial charge in [-0.25, -0.2) is 4.68 Å². The zero-order valence-corrected chi connectivity index (χ0v) is 22.2. The van der Waals surface area contributed by atoms with Crippen molar-refractivity contribution in [2.75, 3.05) is 12.3 Å². The molecule has 5 rings (SSSR count). The van der Waals surface area contributed by atoms with E-state index in [1.807, 2.05) is 30.5 Å². The first kappa shape index (κ1) is 27.9. The molecule has 0 saturated carbocycles. The summed E-state index contributed by atoms with van der Waals surface area (Å²) in [6.07, 6.45) is 4.80. The third kappa shape index (κ3) is 6.56. The van der Waals surface area contributed by atoms with E-state index in [4.69, 9.17) is 16.0 Å². The molecule has 4 aromatic rings.